The Bertz CT molecular complexity index is 326. The highest BCUT2D eigenvalue weighted by atomic mass is 32.2. The molecule has 15 heavy (non-hydrogen) atoms. The molecule has 84 valence electrons. The Morgan fingerprint density at radius 2 is 2.47 bits per heavy atom. The third-order valence-corrected chi connectivity index (χ3v) is 3.65. The van der Waals surface area contributed by atoms with Crippen LogP contribution in [-0.4, -0.2) is 26.2 Å². The Balaban J connectivity index is 2.20. The van der Waals surface area contributed by atoms with Crippen LogP contribution in [-0.2, 0) is 6.42 Å². The second kappa shape index (κ2) is 6.62. The van der Waals surface area contributed by atoms with Gasteiger partial charge in [0.25, 0.3) is 0 Å². The fraction of sp³-hybridized carbons (Fsp3) is 0.625. The van der Waals surface area contributed by atoms with Crippen molar-refractivity contribution >= 4 is 29.1 Å². The van der Waals surface area contributed by atoms with Crippen molar-refractivity contribution in [1.82, 2.24) is 9.36 Å². The van der Waals surface area contributed by atoms with Gasteiger partial charge in [-0.3, -0.25) is 0 Å². The summed E-state index contributed by atoms with van der Waals surface area (Å²) in [6.07, 6.45) is 2.37. The first-order chi connectivity index (χ1) is 7.26. The second-order valence-electron chi connectivity index (χ2n) is 2.87. The van der Waals surface area contributed by atoms with Crippen LogP contribution < -0.4 is 5.73 Å². The van der Waals surface area contributed by atoms with Crippen molar-refractivity contribution in [2.45, 2.75) is 30.5 Å². The lowest BCUT2D eigenvalue weighted by Crippen LogP contribution is -2.11. The van der Waals surface area contributed by atoms with E-state index >= 15 is 0 Å². The van der Waals surface area contributed by atoms with Crippen molar-refractivity contribution < 1.29 is 5.21 Å². The van der Waals surface area contributed by atoms with E-state index < -0.39 is 0 Å². The van der Waals surface area contributed by atoms with E-state index in [1.165, 1.54) is 11.5 Å². The third-order valence-electron chi connectivity index (χ3n) is 1.70. The molecule has 7 heteroatoms. The molecule has 0 bridgehead atoms. The fourth-order valence-electron chi connectivity index (χ4n) is 0.903. The number of aryl methyl sites for hydroxylation is 1. The first-order valence-electron chi connectivity index (χ1n) is 4.68. The van der Waals surface area contributed by atoms with Crippen LogP contribution in [0.1, 0.15) is 25.6 Å². The predicted molar refractivity (Wildman–Crippen MR) is 62.7 cm³/mol. The Hall–Kier alpha value is -0.820. The summed E-state index contributed by atoms with van der Waals surface area (Å²) < 4.78 is 5.18. The number of thioether (sulfide) groups is 1. The molecule has 1 aromatic rings. The number of aromatic nitrogens is 2. The quantitative estimate of drug-likeness (QED) is 0.199. The average molecular weight is 246 g/mol. The summed E-state index contributed by atoms with van der Waals surface area (Å²) >= 11 is 3.09. The molecule has 0 amide bonds. The van der Waals surface area contributed by atoms with Crippen LogP contribution in [0, 0.1) is 0 Å². The molecule has 0 spiro atoms. The SMILES string of the molecule is CCc1nsc(SCCCC(N)=NO)n1. The fourth-order valence-corrected chi connectivity index (χ4v) is 2.61. The summed E-state index contributed by atoms with van der Waals surface area (Å²) in [5, 5.41) is 11.2. The maximum Gasteiger partial charge on any atom is 0.170 e. The highest BCUT2D eigenvalue weighted by Crippen LogP contribution is 2.21. The van der Waals surface area contributed by atoms with Crippen molar-refractivity contribution in [3.8, 4) is 0 Å². The van der Waals surface area contributed by atoms with Gasteiger partial charge in [-0.2, -0.15) is 4.37 Å². The van der Waals surface area contributed by atoms with E-state index in [9.17, 15) is 0 Å². The van der Waals surface area contributed by atoms with Crippen molar-refractivity contribution in [2.75, 3.05) is 5.75 Å². The van der Waals surface area contributed by atoms with Crippen LogP contribution in [0.2, 0.25) is 0 Å². The topological polar surface area (TPSA) is 84.4 Å². The van der Waals surface area contributed by atoms with Gasteiger partial charge in [-0.15, -0.1) is 0 Å². The van der Waals surface area contributed by atoms with Crippen LogP contribution in [0.4, 0.5) is 0 Å². The zero-order valence-corrected chi connectivity index (χ0v) is 10.1. The monoisotopic (exact) mass is 246 g/mol. The zero-order chi connectivity index (χ0) is 11.1. The van der Waals surface area contributed by atoms with Crippen LogP contribution in [0.25, 0.3) is 0 Å². The lowest BCUT2D eigenvalue weighted by atomic mass is 10.3. The van der Waals surface area contributed by atoms with Crippen LogP contribution in [0.15, 0.2) is 9.50 Å². The van der Waals surface area contributed by atoms with Gasteiger partial charge in [-0.05, 0) is 18.0 Å². The van der Waals surface area contributed by atoms with Crippen molar-refractivity contribution in [3.63, 3.8) is 0 Å². The molecule has 3 N–H and O–H groups in total. The molecule has 5 nitrogen and oxygen atoms in total. The number of nitrogens with two attached hydrogens (primary N) is 1. The van der Waals surface area contributed by atoms with E-state index in [2.05, 4.69) is 14.5 Å². The number of hydrogen-bond donors (Lipinski definition) is 2. The zero-order valence-electron chi connectivity index (χ0n) is 8.51. The number of rotatable bonds is 6. The summed E-state index contributed by atoms with van der Waals surface area (Å²) in [5.74, 6) is 2.09. The Morgan fingerprint density at radius 3 is 3.07 bits per heavy atom. The average Bonchev–Trinajstić information content (AvgIpc) is 2.72. The number of amidine groups is 1. The van der Waals surface area contributed by atoms with E-state index in [-0.39, 0.29) is 5.84 Å². The molecule has 0 saturated carbocycles. The van der Waals surface area contributed by atoms with Crippen LogP contribution in [0.5, 0.6) is 0 Å². The maximum absolute atomic E-state index is 8.32. The standard InChI is InChI=1S/C8H14N4OS2/c1-2-7-10-8(15-12-7)14-5-3-4-6(9)11-13/h13H,2-5H2,1H3,(H2,9,11). The first-order valence-corrected chi connectivity index (χ1v) is 6.44. The molecule has 1 heterocycles. The van der Waals surface area contributed by atoms with Crippen molar-refractivity contribution in [3.05, 3.63) is 5.82 Å². The van der Waals surface area contributed by atoms with E-state index in [0.29, 0.717) is 6.42 Å². The molecule has 0 aliphatic carbocycles. The first kappa shape index (κ1) is 12.3. The lowest BCUT2D eigenvalue weighted by Gasteiger charge is -1.96. The van der Waals surface area contributed by atoms with Crippen LogP contribution in [0.3, 0.4) is 0 Å². The molecular weight excluding hydrogens is 232 g/mol. The van der Waals surface area contributed by atoms with E-state index in [1.54, 1.807) is 11.8 Å². The van der Waals surface area contributed by atoms with Gasteiger partial charge in [-0.25, -0.2) is 4.98 Å². The van der Waals surface area contributed by atoms with Gasteiger partial charge >= 0.3 is 0 Å². The van der Waals surface area contributed by atoms with Gasteiger partial charge in [0.2, 0.25) is 0 Å². The minimum atomic E-state index is 0.280. The normalized spacial score (nSPS) is 11.9. The smallest absolute Gasteiger partial charge is 0.170 e. The third kappa shape index (κ3) is 4.48. The number of hydrogen-bond acceptors (Lipinski definition) is 6. The molecule has 1 aromatic heterocycles. The maximum atomic E-state index is 8.32. The van der Waals surface area contributed by atoms with Gasteiger partial charge in [0, 0.05) is 18.6 Å². The Labute approximate surface area is 96.9 Å². The minimum Gasteiger partial charge on any atom is -0.409 e. The van der Waals surface area contributed by atoms with Gasteiger partial charge in [0.15, 0.2) is 4.34 Å². The van der Waals surface area contributed by atoms with Crippen molar-refractivity contribution in [1.29, 1.82) is 0 Å². The van der Waals surface area contributed by atoms with Gasteiger partial charge < -0.3 is 10.9 Å². The highest BCUT2D eigenvalue weighted by molar-refractivity contribution is 8.00. The molecule has 0 aliphatic heterocycles. The lowest BCUT2D eigenvalue weighted by molar-refractivity contribution is 0.317. The Kier molecular flexibility index (Phi) is 5.41. The molecule has 0 saturated heterocycles. The highest BCUT2D eigenvalue weighted by Gasteiger charge is 2.02. The molecule has 0 aliphatic rings. The second-order valence-corrected chi connectivity index (χ2v) is 4.97. The predicted octanol–water partition coefficient (Wildman–Crippen LogP) is 1.72. The summed E-state index contributed by atoms with van der Waals surface area (Å²) in [6.45, 7) is 2.04. The van der Waals surface area contributed by atoms with Gasteiger partial charge in [0.1, 0.15) is 11.7 Å². The molecule has 0 atom stereocenters. The number of nitrogens with zero attached hydrogens (tertiary/aromatic N) is 3. The van der Waals surface area contributed by atoms with Crippen LogP contribution >= 0.6 is 23.3 Å². The van der Waals surface area contributed by atoms with Gasteiger partial charge in [0.05, 0.1) is 0 Å². The van der Waals surface area contributed by atoms with Crippen molar-refractivity contribution in [2.24, 2.45) is 10.9 Å². The molecule has 0 fully saturated rings. The molecule has 1 rings (SSSR count). The molecule has 0 unspecified atom stereocenters. The molecule has 0 radical (unpaired) electrons. The summed E-state index contributed by atoms with van der Waals surface area (Å²) in [7, 11) is 0. The molecular formula is C8H14N4OS2. The summed E-state index contributed by atoms with van der Waals surface area (Å²) in [5.41, 5.74) is 5.34. The summed E-state index contributed by atoms with van der Waals surface area (Å²) in [4.78, 5) is 4.33. The van der Waals surface area contributed by atoms with E-state index in [4.69, 9.17) is 10.9 Å². The minimum absolute atomic E-state index is 0.280. The number of oxime groups is 1. The molecule has 0 aromatic carbocycles. The largest absolute Gasteiger partial charge is 0.409 e. The van der Waals surface area contributed by atoms with Gasteiger partial charge in [-0.1, -0.05) is 23.8 Å². The Morgan fingerprint density at radius 1 is 1.67 bits per heavy atom. The van der Waals surface area contributed by atoms with E-state index in [0.717, 1.165) is 28.8 Å². The summed E-state index contributed by atoms with van der Waals surface area (Å²) in [6, 6.07) is 0. The van der Waals surface area contributed by atoms with E-state index in [1.807, 2.05) is 6.92 Å².